The van der Waals surface area contributed by atoms with E-state index in [1.165, 1.54) is 6.07 Å². The number of carbonyl (C=O) groups is 1. The first-order valence-electron chi connectivity index (χ1n) is 6.93. The Bertz CT molecular complexity index is 917. The summed E-state index contributed by atoms with van der Waals surface area (Å²) in [5.74, 6) is -0.482. The predicted molar refractivity (Wildman–Crippen MR) is 83.7 cm³/mol. The molecule has 1 saturated heterocycles. The predicted octanol–water partition coefficient (Wildman–Crippen LogP) is 0.835. The normalized spacial score (nSPS) is 23.5. The number of hydrogen-bond acceptors (Lipinski definition) is 4. The molecule has 1 aliphatic rings. The Balaban J connectivity index is 1.92. The van der Waals surface area contributed by atoms with Gasteiger partial charge in [-0.2, -0.15) is 0 Å². The van der Waals surface area contributed by atoms with Crippen molar-refractivity contribution in [2.24, 2.45) is 0 Å². The van der Waals surface area contributed by atoms with E-state index in [2.05, 4.69) is 10.3 Å². The molecule has 0 radical (unpaired) electrons. The molecule has 0 bridgehead atoms. The van der Waals surface area contributed by atoms with E-state index < -0.39 is 21.3 Å². The van der Waals surface area contributed by atoms with Crippen molar-refractivity contribution in [3.8, 4) is 0 Å². The Kier molecular flexibility index (Phi) is 3.32. The largest absolute Gasteiger partial charge is 0.350 e. The first-order chi connectivity index (χ1) is 10.3. The number of nitrogens with one attached hydrogen (secondary N) is 2. The smallest absolute Gasteiger partial charge is 0.268 e. The van der Waals surface area contributed by atoms with Crippen LogP contribution >= 0.6 is 0 Å². The number of fused-ring (bicyclic) bond motifs is 1. The topological polar surface area (TPSA) is 96.1 Å². The molecule has 2 aromatic rings. The van der Waals surface area contributed by atoms with Crippen LogP contribution in [0, 0.1) is 0 Å². The zero-order valence-corrected chi connectivity index (χ0v) is 12.9. The zero-order chi connectivity index (χ0) is 16.0. The summed E-state index contributed by atoms with van der Waals surface area (Å²) >= 11 is 0. The lowest BCUT2D eigenvalue weighted by molar-refractivity contribution is 0.0910. The average Bonchev–Trinajstić information content (AvgIpc) is 2.72. The number of hydrogen-bond donors (Lipinski definition) is 2. The highest BCUT2D eigenvalue weighted by Crippen LogP contribution is 2.23. The van der Waals surface area contributed by atoms with Crippen molar-refractivity contribution in [3.05, 3.63) is 46.2 Å². The van der Waals surface area contributed by atoms with Crippen LogP contribution in [-0.4, -0.2) is 36.4 Å². The Morgan fingerprint density at radius 3 is 2.73 bits per heavy atom. The summed E-state index contributed by atoms with van der Waals surface area (Å²) in [6.07, 6.45) is 0.374. The molecule has 2 heterocycles. The molecular weight excluding hydrogens is 304 g/mol. The van der Waals surface area contributed by atoms with Crippen LogP contribution in [0.25, 0.3) is 10.9 Å². The number of H-pyrrole nitrogens is 1. The highest BCUT2D eigenvalue weighted by Gasteiger charge is 2.39. The summed E-state index contributed by atoms with van der Waals surface area (Å²) in [4.78, 5) is 27.3. The van der Waals surface area contributed by atoms with Crippen LogP contribution in [0.4, 0.5) is 0 Å². The maximum Gasteiger partial charge on any atom is 0.268 e. The molecule has 1 fully saturated rings. The molecule has 2 N–H and O–H groups in total. The van der Waals surface area contributed by atoms with Crippen molar-refractivity contribution in [3.63, 3.8) is 0 Å². The van der Waals surface area contributed by atoms with Gasteiger partial charge in [-0.05, 0) is 25.5 Å². The van der Waals surface area contributed by atoms with Gasteiger partial charge < -0.3 is 10.3 Å². The lowest BCUT2D eigenvalue weighted by atomic mass is 10.0. The van der Waals surface area contributed by atoms with Gasteiger partial charge in [-0.15, -0.1) is 0 Å². The van der Waals surface area contributed by atoms with Gasteiger partial charge in [0.25, 0.3) is 5.91 Å². The molecule has 0 saturated carbocycles. The number of carbonyl (C=O) groups excluding carboxylic acids is 1. The fourth-order valence-corrected chi connectivity index (χ4v) is 4.86. The summed E-state index contributed by atoms with van der Waals surface area (Å²) in [6.45, 7) is 1.70. The quantitative estimate of drug-likeness (QED) is 0.857. The minimum absolute atomic E-state index is 0.0675. The maximum atomic E-state index is 12.3. The second-order valence-electron chi connectivity index (χ2n) is 5.95. The van der Waals surface area contributed by atoms with Crippen molar-refractivity contribution in [2.75, 3.05) is 11.5 Å². The van der Waals surface area contributed by atoms with Gasteiger partial charge in [-0.1, -0.05) is 12.1 Å². The Hall–Kier alpha value is -2.15. The molecule has 1 atom stereocenters. The molecule has 0 spiro atoms. The molecule has 1 aromatic carbocycles. The minimum Gasteiger partial charge on any atom is -0.350 e. The summed E-state index contributed by atoms with van der Waals surface area (Å²) in [5.41, 5.74) is -0.333. The summed E-state index contributed by atoms with van der Waals surface area (Å²) < 4.78 is 23.2. The van der Waals surface area contributed by atoms with Gasteiger partial charge in [-0.25, -0.2) is 8.42 Å². The molecule has 0 aliphatic carbocycles. The van der Waals surface area contributed by atoms with Gasteiger partial charge in [0.05, 0.1) is 17.0 Å². The van der Waals surface area contributed by atoms with E-state index in [-0.39, 0.29) is 22.6 Å². The highest BCUT2D eigenvalue weighted by molar-refractivity contribution is 7.91. The van der Waals surface area contributed by atoms with Crippen LogP contribution in [0.5, 0.6) is 0 Å². The first kappa shape index (κ1) is 14.8. The fourth-order valence-electron chi connectivity index (χ4n) is 2.77. The van der Waals surface area contributed by atoms with Crippen LogP contribution in [0.1, 0.15) is 23.8 Å². The lowest BCUT2D eigenvalue weighted by Crippen LogP contribution is -2.47. The standard InChI is InChI=1S/C15H16N2O4S/c1-15(6-7-22(20,21)9-15)17-14(19)12-8-13(18)10-4-2-3-5-11(10)16-12/h2-5,8H,6-7,9H2,1H3,(H,16,18)(H,17,19). The van der Waals surface area contributed by atoms with Crippen LogP contribution in [0.3, 0.4) is 0 Å². The SMILES string of the molecule is CC1(NC(=O)c2cc(=O)c3ccccc3[nH]2)CCS(=O)(=O)C1. The number of pyridine rings is 1. The van der Waals surface area contributed by atoms with E-state index >= 15 is 0 Å². The van der Waals surface area contributed by atoms with Gasteiger partial charge in [-0.3, -0.25) is 9.59 Å². The van der Waals surface area contributed by atoms with Crippen LogP contribution in [0.2, 0.25) is 0 Å². The number of amides is 1. The van der Waals surface area contributed by atoms with Crippen LogP contribution in [-0.2, 0) is 9.84 Å². The van der Waals surface area contributed by atoms with Crippen molar-refractivity contribution < 1.29 is 13.2 Å². The number of aromatic nitrogens is 1. The van der Waals surface area contributed by atoms with Crippen LogP contribution in [0.15, 0.2) is 35.1 Å². The van der Waals surface area contributed by atoms with Gasteiger partial charge in [0.15, 0.2) is 15.3 Å². The Morgan fingerprint density at radius 2 is 2.05 bits per heavy atom. The van der Waals surface area contributed by atoms with E-state index in [0.29, 0.717) is 17.3 Å². The van der Waals surface area contributed by atoms with Crippen LogP contribution < -0.4 is 10.7 Å². The van der Waals surface area contributed by atoms with E-state index in [9.17, 15) is 18.0 Å². The molecule has 1 aromatic heterocycles. The second kappa shape index (κ2) is 4.95. The minimum atomic E-state index is -3.11. The van der Waals surface area contributed by atoms with E-state index in [0.717, 1.165) is 0 Å². The van der Waals surface area contributed by atoms with Gasteiger partial charge >= 0.3 is 0 Å². The third-order valence-corrected chi connectivity index (χ3v) is 5.80. The van der Waals surface area contributed by atoms with Crippen molar-refractivity contribution in [2.45, 2.75) is 18.9 Å². The number of sulfone groups is 1. The lowest BCUT2D eigenvalue weighted by Gasteiger charge is -2.23. The average molecular weight is 320 g/mol. The Morgan fingerprint density at radius 1 is 1.32 bits per heavy atom. The molecular formula is C15H16N2O4S. The maximum absolute atomic E-state index is 12.3. The summed E-state index contributed by atoms with van der Waals surface area (Å²) in [6, 6.07) is 8.16. The molecule has 6 nitrogen and oxygen atoms in total. The molecule has 1 aliphatic heterocycles. The van der Waals surface area contributed by atoms with Crippen molar-refractivity contribution in [1.29, 1.82) is 0 Å². The third kappa shape index (κ3) is 2.76. The van der Waals surface area contributed by atoms with E-state index in [4.69, 9.17) is 0 Å². The molecule has 1 amide bonds. The number of para-hydroxylation sites is 1. The van der Waals surface area contributed by atoms with Crippen molar-refractivity contribution >= 4 is 26.6 Å². The van der Waals surface area contributed by atoms with Gasteiger partial charge in [0.1, 0.15) is 5.69 Å². The second-order valence-corrected chi connectivity index (χ2v) is 8.13. The molecule has 22 heavy (non-hydrogen) atoms. The molecule has 3 rings (SSSR count). The van der Waals surface area contributed by atoms with Gasteiger partial charge in [0, 0.05) is 17.0 Å². The highest BCUT2D eigenvalue weighted by atomic mass is 32.2. The molecule has 116 valence electrons. The first-order valence-corrected chi connectivity index (χ1v) is 8.75. The summed E-state index contributed by atoms with van der Waals surface area (Å²) in [5, 5.41) is 3.24. The van der Waals surface area contributed by atoms with E-state index in [1.807, 2.05) is 0 Å². The van der Waals surface area contributed by atoms with Gasteiger partial charge in [0.2, 0.25) is 0 Å². The fraction of sp³-hybridized carbons (Fsp3) is 0.333. The Labute approximate surface area is 127 Å². The molecule has 7 heteroatoms. The zero-order valence-electron chi connectivity index (χ0n) is 12.0. The molecule has 1 unspecified atom stereocenters. The van der Waals surface area contributed by atoms with Crippen molar-refractivity contribution in [1.82, 2.24) is 10.3 Å². The number of aromatic amines is 1. The summed E-state index contributed by atoms with van der Waals surface area (Å²) in [7, 11) is -3.11. The number of rotatable bonds is 2. The monoisotopic (exact) mass is 320 g/mol. The number of benzene rings is 1. The third-order valence-electron chi connectivity index (χ3n) is 3.90. The van der Waals surface area contributed by atoms with E-state index in [1.54, 1.807) is 31.2 Å².